The lowest BCUT2D eigenvalue weighted by Crippen LogP contribution is -2.25. The molecule has 1 saturated carbocycles. The van der Waals surface area contributed by atoms with Crippen LogP contribution in [0.4, 0.5) is 0 Å². The highest BCUT2D eigenvalue weighted by molar-refractivity contribution is 9.10. The molecule has 0 saturated heterocycles. The Labute approximate surface area is 125 Å². The number of nitrogens with two attached hydrogens (primary N) is 1. The molecule has 1 fully saturated rings. The van der Waals surface area contributed by atoms with E-state index in [0.717, 1.165) is 31.8 Å². The van der Waals surface area contributed by atoms with Crippen LogP contribution in [0.1, 0.15) is 50.9 Å². The molecule has 1 unspecified atom stereocenters. The highest BCUT2D eigenvalue weighted by atomic mass is 79.9. The lowest BCUT2D eigenvalue weighted by molar-refractivity contribution is 0.336. The van der Waals surface area contributed by atoms with Crippen LogP contribution in [0, 0.1) is 11.8 Å². The van der Waals surface area contributed by atoms with Crippen LogP contribution in [0.5, 0.6) is 0 Å². The van der Waals surface area contributed by atoms with Crippen molar-refractivity contribution in [3.8, 4) is 0 Å². The summed E-state index contributed by atoms with van der Waals surface area (Å²) in [5, 5.41) is 4.69. The van der Waals surface area contributed by atoms with Gasteiger partial charge in [-0.15, -0.1) is 0 Å². The molecule has 0 aromatic carbocycles. The molecule has 1 heterocycles. The summed E-state index contributed by atoms with van der Waals surface area (Å²) in [7, 11) is 0. The zero-order chi connectivity index (χ0) is 13.8. The van der Waals surface area contributed by atoms with E-state index < -0.39 is 0 Å². The SMILES string of the molecule is CCc1nn(CC)c(CC(CN)C2CCCC2)c1Br. The highest BCUT2D eigenvalue weighted by Gasteiger charge is 2.26. The Morgan fingerprint density at radius 1 is 1.37 bits per heavy atom. The van der Waals surface area contributed by atoms with Crippen molar-refractivity contribution in [1.29, 1.82) is 0 Å². The van der Waals surface area contributed by atoms with Gasteiger partial charge in [-0.25, -0.2) is 0 Å². The minimum absolute atomic E-state index is 0.616. The second-order valence-corrected chi connectivity index (χ2v) is 6.41. The largest absolute Gasteiger partial charge is 0.330 e. The van der Waals surface area contributed by atoms with Crippen molar-refractivity contribution in [1.82, 2.24) is 9.78 Å². The van der Waals surface area contributed by atoms with Crippen LogP contribution < -0.4 is 5.73 Å². The van der Waals surface area contributed by atoms with Crippen LogP contribution >= 0.6 is 15.9 Å². The molecule has 4 heteroatoms. The van der Waals surface area contributed by atoms with E-state index in [1.807, 2.05) is 0 Å². The number of aromatic nitrogens is 2. The van der Waals surface area contributed by atoms with Crippen LogP contribution in [0.15, 0.2) is 4.47 Å². The average Bonchev–Trinajstić information content (AvgIpc) is 3.04. The summed E-state index contributed by atoms with van der Waals surface area (Å²) < 4.78 is 3.37. The average molecular weight is 328 g/mol. The molecule has 1 aliphatic carbocycles. The predicted molar refractivity (Wildman–Crippen MR) is 83.2 cm³/mol. The molecule has 0 aliphatic heterocycles. The Kier molecular flexibility index (Phi) is 5.46. The minimum Gasteiger partial charge on any atom is -0.330 e. The molecule has 1 aliphatic rings. The van der Waals surface area contributed by atoms with Gasteiger partial charge in [0, 0.05) is 6.54 Å². The fraction of sp³-hybridized carbons (Fsp3) is 0.800. The van der Waals surface area contributed by atoms with Crippen LogP contribution in [0.2, 0.25) is 0 Å². The number of hydrogen-bond donors (Lipinski definition) is 1. The van der Waals surface area contributed by atoms with Gasteiger partial charge in [0.2, 0.25) is 0 Å². The van der Waals surface area contributed by atoms with Gasteiger partial charge in [-0.1, -0.05) is 32.6 Å². The smallest absolute Gasteiger partial charge is 0.0766 e. The molecule has 0 radical (unpaired) electrons. The van der Waals surface area contributed by atoms with Crippen LogP contribution in [-0.2, 0) is 19.4 Å². The second-order valence-electron chi connectivity index (χ2n) is 5.62. The molecule has 2 rings (SSSR count). The van der Waals surface area contributed by atoms with E-state index in [0.29, 0.717) is 5.92 Å². The maximum Gasteiger partial charge on any atom is 0.0766 e. The third kappa shape index (κ3) is 3.22. The summed E-state index contributed by atoms with van der Waals surface area (Å²) in [6, 6.07) is 0. The third-order valence-corrected chi connectivity index (χ3v) is 5.43. The maximum absolute atomic E-state index is 6.04. The molecule has 108 valence electrons. The van der Waals surface area contributed by atoms with Crippen molar-refractivity contribution < 1.29 is 0 Å². The normalized spacial score (nSPS) is 18.1. The van der Waals surface area contributed by atoms with Crippen molar-refractivity contribution in [3.05, 3.63) is 15.9 Å². The molecule has 0 spiro atoms. The van der Waals surface area contributed by atoms with E-state index in [9.17, 15) is 0 Å². The van der Waals surface area contributed by atoms with Crippen molar-refractivity contribution >= 4 is 15.9 Å². The monoisotopic (exact) mass is 327 g/mol. The fourth-order valence-electron chi connectivity index (χ4n) is 3.33. The second kappa shape index (κ2) is 6.89. The first-order valence-electron chi connectivity index (χ1n) is 7.65. The Hall–Kier alpha value is -0.350. The van der Waals surface area contributed by atoms with E-state index >= 15 is 0 Å². The van der Waals surface area contributed by atoms with Gasteiger partial charge in [-0.3, -0.25) is 4.68 Å². The standard InChI is InChI=1S/C15H26BrN3/c1-3-13-15(16)14(19(4-2)18-13)9-12(10-17)11-7-5-6-8-11/h11-12H,3-10,17H2,1-2H3. The van der Waals surface area contributed by atoms with Crippen LogP contribution in [0.25, 0.3) is 0 Å². The highest BCUT2D eigenvalue weighted by Crippen LogP contribution is 2.34. The molecule has 1 aromatic rings. The topological polar surface area (TPSA) is 43.8 Å². The molecule has 2 N–H and O–H groups in total. The summed E-state index contributed by atoms with van der Waals surface area (Å²) in [5.41, 5.74) is 8.56. The van der Waals surface area contributed by atoms with Gasteiger partial charge in [-0.05, 0) is 54.1 Å². The molecule has 3 nitrogen and oxygen atoms in total. The number of aryl methyl sites for hydroxylation is 2. The molecular formula is C15H26BrN3. The molecule has 0 bridgehead atoms. The van der Waals surface area contributed by atoms with Gasteiger partial charge in [0.15, 0.2) is 0 Å². The quantitative estimate of drug-likeness (QED) is 0.868. The summed E-state index contributed by atoms with van der Waals surface area (Å²) in [6.45, 7) is 6.06. The summed E-state index contributed by atoms with van der Waals surface area (Å²) in [4.78, 5) is 0. The molecule has 0 amide bonds. The number of halogens is 1. The number of rotatable bonds is 6. The summed E-state index contributed by atoms with van der Waals surface area (Å²) >= 11 is 3.75. The van der Waals surface area contributed by atoms with E-state index in [4.69, 9.17) is 5.73 Å². The van der Waals surface area contributed by atoms with E-state index in [1.165, 1.54) is 41.5 Å². The van der Waals surface area contributed by atoms with Gasteiger partial charge in [0.05, 0.1) is 15.9 Å². The Morgan fingerprint density at radius 3 is 2.58 bits per heavy atom. The van der Waals surface area contributed by atoms with Gasteiger partial charge >= 0.3 is 0 Å². The first-order valence-corrected chi connectivity index (χ1v) is 8.44. The minimum atomic E-state index is 0.616. The maximum atomic E-state index is 6.04. The fourth-order valence-corrected chi connectivity index (χ4v) is 4.06. The van der Waals surface area contributed by atoms with Gasteiger partial charge in [-0.2, -0.15) is 5.10 Å². The van der Waals surface area contributed by atoms with Crippen molar-refractivity contribution in [2.75, 3.05) is 6.54 Å². The molecule has 1 aromatic heterocycles. The predicted octanol–water partition coefficient (Wildman–Crippen LogP) is 3.54. The lowest BCUT2D eigenvalue weighted by Gasteiger charge is -2.22. The van der Waals surface area contributed by atoms with Crippen molar-refractivity contribution in [2.24, 2.45) is 17.6 Å². The van der Waals surface area contributed by atoms with E-state index in [-0.39, 0.29) is 0 Å². The van der Waals surface area contributed by atoms with E-state index in [1.54, 1.807) is 0 Å². The number of nitrogens with zero attached hydrogens (tertiary/aromatic N) is 2. The van der Waals surface area contributed by atoms with Gasteiger partial charge < -0.3 is 5.73 Å². The van der Waals surface area contributed by atoms with Crippen LogP contribution in [0.3, 0.4) is 0 Å². The van der Waals surface area contributed by atoms with Gasteiger partial charge in [0.1, 0.15) is 0 Å². The summed E-state index contributed by atoms with van der Waals surface area (Å²) in [5.74, 6) is 1.44. The zero-order valence-electron chi connectivity index (χ0n) is 12.2. The first-order chi connectivity index (χ1) is 9.21. The zero-order valence-corrected chi connectivity index (χ0v) is 13.7. The first kappa shape index (κ1) is 15.0. The van der Waals surface area contributed by atoms with Gasteiger partial charge in [0.25, 0.3) is 0 Å². The summed E-state index contributed by atoms with van der Waals surface area (Å²) in [6.07, 6.45) is 7.55. The Balaban J connectivity index is 2.18. The van der Waals surface area contributed by atoms with Crippen LogP contribution in [-0.4, -0.2) is 16.3 Å². The Bertz CT molecular complexity index is 408. The molecular weight excluding hydrogens is 302 g/mol. The van der Waals surface area contributed by atoms with Crippen molar-refractivity contribution in [2.45, 2.75) is 58.9 Å². The van der Waals surface area contributed by atoms with Crippen molar-refractivity contribution in [3.63, 3.8) is 0 Å². The molecule has 1 atom stereocenters. The number of hydrogen-bond acceptors (Lipinski definition) is 2. The third-order valence-electron chi connectivity index (χ3n) is 4.52. The molecule has 19 heavy (non-hydrogen) atoms. The Morgan fingerprint density at radius 2 is 2.05 bits per heavy atom. The van der Waals surface area contributed by atoms with E-state index in [2.05, 4.69) is 39.6 Å². The lowest BCUT2D eigenvalue weighted by atomic mass is 9.87.